The summed E-state index contributed by atoms with van der Waals surface area (Å²) in [5.74, 6) is 2.90. The highest BCUT2D eigenvalue weighted by molar-refractivity contribution is 4.97. The van der Waals surface area contributed by atoms with E-state index in [1.165, 1.54) is 19.3 Å². The highest BCUT2D eigenvalue weighted by Crippen LogP contribution is 2.51. The van der Waals surface area contributed by atoms with Gasteiger partial charge in [0.15, 0.2) is 0 Å². The summed E-state index contributed by atoms with van der Waals surface area (Å²) in [6.07, 6.45) is 5.67. The Morgan fingerprint density at radius 3 is 2.65 bits per heavy atom. The predicted octanol–water partition coefficient (Wildman–Crippen LogP) is 2.83. The maximum absolute atomic E-state index is 10.7. The highest BCUT2D eigenvalue weighted by atomic mass is 16.3. The summed E-state index contributed by atoms with van der Waals surface area (Å²) < 4.78 is 0. The van der Waals surface area contributed by atoms with E-state index in [4.69, 9.17) is 0 Å². The minimum absolute atomic E-state index is 0.290. The molecule has 2 heteroatoms. The lowest BCUT2D eigenvalue weighted by atomic mass is 9.77. The van der Waals surface area contributed by atoms with Crippen LogP contribution in [-0.4, -0.2) is 22.4 Å². The zero-order chi connectivity index (χ0) is 12.6. The summed E-state index contributed by atoms with van der Waals surface area (Å²) in [5, 5.41) is 20.0. The van der Waals surface area contributed by atoms with Gasteiger partial charge in [0.1, 0.15) is 0 Å². The Kier molecular flexibility index (Phi) is 3.84. The van der Waals surface area contributed by atoms with E-state index in [1.54, 1.807) is 0 Å². The molecular weight excluding hydrogens is 212 g/mol. The topological polar surface area (TPSA) is 40.5 Å². The molecule has 0 aromatic carbocycles. The van der Waals surface area contributed by atoms with Crippen LogP contribution >= 0.6 is 0 Å². The van der Waals surface area contributed by atoms with E-state index in [9.17, 15) is 10.2 Å². The molecule has 17 heavy (non-hydrogen) atoms. The van der Waals surface area contributed by atoms with Gasteiger partial charge in [0.25, 0.3) is 0 Å². The van der Waals surface area contributed by atoms with Crippen LogP contribution in [0.2, 0.25) is 0 Å². The molecule has 2 N–H and O–H groups in total. The third-order valence-corrected chi connectivity index (χ3v) is 5.67. The van der Waals surface area contributed by atoms with Crippen LogP contribution < -0.4 is 0 Å². The summed E-state index contributed by atoms with van der Waals surface area (Å²) in [6.45, 7) is 6.82. The molecule has 6 atom stereocenters. The van der Waals surface area contributed by atoms with Crippen molar-refractivity contribution in [3.8, 4) is 0 Å². The number of rotatable bonds is 2. The van der Waals surface area contributed by atoms with Crippen molar-refractivity contribution in [1.29, 1.82) is 0 Å². The van der Waals surface area contributed by atoms with E-state index in [-0.39, 0.29) is 0 Å². The molecule has 6 unspecified atom stereocenters. The average Bonchev–Trinajstić information content (AvgIpc) is 2.58. The van der Waals surface area contributed by atoms with E-state index in [2.05, 4.69) is 13.8 Å². The van der Waals surface area contributed by atoms with Gasteiger partial charge in [-0.15, -0.1) is 0 Å². The van der Waals surface area contributed by atoms with E-state index in [1.807, 2.05) is 6.92 Å². The van der Waals surface area contributed by atoms with Crippen molar-refractivity contribution in [2.75, 3.05) is 6.61 Å². The quantitative estimate of drug-likeness (QED) is 0.779. The van der Waals surface area contributed by atoms with Gasteiger partial charge in [-0.05, 0) is 62.2 Å². The third kappa shape index (κ3) is 2.53. The average molecular weight is 240 g/mol. The van der Waals surface area contributed by atoms with Crippen molar-refractivity contribution in [3.05, 3.63) is 0 Å². The molecule has 0 saturated heterocycles. The first-order valence-electron chi connectivity index (χ1n) is 7.29. The Labute approximate surface area is 105 Å². The minimum Gasteiger partial charge on any atom is -0.396 e. The molecule has 0 spiro atoms. The number of fused-ring (bicyclic) bond motifs is 1. The Hall–Kier alpha value is -0.0800. The molecular formula is C15H28O2. The van der Waals surface area contributed by atoms with Gasteiger partial charge in [-0.3, -0.25) is 0 Å². The SMILES string of the molecule is CC(CO)C1CCC(C)(O)C2CCC(C)C2C1. The molecule has 0 amide bonds. The van der Waals surface area contributed by atoms with Gasteiger partial charge in [0.2, 0.25) is 0 Å². The first kappa shape index (κ1) is 13.4. The Morgan fingerprint density at radius 1 is 1.29 bits per heavy atom. The highest BCUT2D eigenvalue weighted by Gasteiger charge is 2.47. The van der Waals surface area contributed by atoms with E-state index in [0.29, 0.717) is 30.3 Å². The second-order valence-corrected chi connectivity index (χ2v) is 6.88. The van der Waals surface area contributed by atoms with Crippen LogP contribution in [0, 0.1) is 29.6 Å². The van der Waals surface area contributed by atoms with Gasteiger partial charge in [-0.1, -0.05) is 20.3 Å². The van der Waals surface area contributed by atoms with Crippen molar-refractivity contribution in [2.45, 2.75) is 58.5 Å². The van der Waals surface area contributed by atoms with E-state index >= 15 is 0 Å². The van der Waals surface area contributed by atoms with Gasteiger partial charge in [0, 0.05) is 6.61 Å². The Balaban J connectivity index is 2.15. The zero-order valence-corrected chi connectivity index (χ0v) is 11.5. The molecule has 0 aromatic rings. The maximum Gasteiger partial charge on any atom is 0.0650 e. The summed E-state index contributed by atoms with van der Waals surface area (Å²) in [6, 6.07) is 0. The van der Waals surface area contributed by atoms with Gasteiger partial charge in [-0.2, -0.15) is 0 Å². The molecule has 0 bridgehead atoms. The molecule has 0 aromatic heterocycles. The summed E-state index contributed by atoms with van der Waals surface area (Å²) in [4.78, 5) is 0. The summed E-state index contributed by atoms with van der Waals surface area (Å²) in [7, 11) is 0. The molecule has 0 radical (unpaired) electrons. The van der Waals surface area contributed by atoms with Crippen LogP contribution in [0.25, 0.3) is 0 Å². The predicted molar refractivity (Wildman–Crippen MR) is 69.6 cm³/mol. The van der Waals surface area contributed by atoms with Crippen molar-refractivity contribution in [1.82, 2.24) is 0 Å². The monoisotopic (exact) mass is 240 g/mol. The molecule has 100 valence electrons. The van der Waals surface area contributed by atoms with Crippen molar-refractivity contribution >= 4 is 0 Å². The number of hydrogen-bond donors (Lipinski definition) is 2. The molecule has 2 aliphatic rings. The van der Waals surface area contributed by atoms with E-state index in [0.717, 1.165) is 18.8 Å². The summed E-state index contributed by atoms with van der Waals surface area (Å²) in [5.41, 5.74) is -0.473. The lowest BCUT2D eigenvalue weighted by Crippen LogP contribution is -2.36. The van der Waals surface area contributed by atoms with Crippen LogP contribution in [0.3, 0.4) is 0 Å². The molecule has 2 fully saturated rings. The fraction of sp³-hybridized carbons (Fsp3) is 1.00. The van der Waals surface area contributed by atoms with Crippen LogP contribution in [-0.2, 0) is 0 Å². The molecule has 0 heterocycles. The standard InChI is InChI=1S/C15H28O2/c1-10-4-5-14-13(10)8-12(11(2)9-16)6-7-15(14,3)17/h10-14,16-17H,4-9H2,1-3H3. The van der Waals surface area contributed by atoms with Gasteiger partial charge in [0.05, 0.1) is 5.60 Å². The Morgan fingerprint density at radius 2 is 2.00 bits per heavy atom. The lowest BCUT2D eigenvalue weighted by Gasteiger charge is -2.33. The molecule has 2 aliphatic carbocycles. The second kappa shape index (κ2) is 4.89. The van der Waals surface area contributed by atoms with Crippen molar-refractivity contribution in [2.24, 2.45) is 29.6 Å². The summed E-state index contributed by atoms with van der Waals surface area (Å²) >= 11 is 0. The second-order valence-electron chi connectivity index (χ2n) is 6.88. The van der Waals surface area contributed by atoms with Crippen LogP contribution in [0.5, 0.6) is 0 Å². The van der Waals surface area contributed by atoms with Gasteiger partial charge >= 0.3 is 0 Å². The first-order valence-corrected chi connectivity index (χ1v) is 7.29. The third-order valence-electron chi connectivity index (χ3n) is 5.67. The van der Waals surface area contributed by atoms with Crippen LogP contribution in [0.15, 0.2) is 0 Å². The van der Waals surface area contributed by atoms with E-state index < -0.39 is 5.60 Å². The molecule has 2 rings (SSSR count). The van der Waals surface area contributed by atoms with Crippen LogP contribution in [0.4, 0.5) is 0 Å². The largest absolute Gasteiger partial charge is 0.396 e. The van der Waals surface area contributed by atoms with Crippen molar-refractivity contribution < 1.29 is 10.2 Å². The fourth-order valence-electron chi connectivity index (χ4n) is 4.23. The van der Waals surface area contributed by atoms with Crippen molar-refractivity contribution in [3.63, 3.8) is 0 Å². The fourth-order valence-corrected chi connectivity index (χ4v) is 4.23. The number of aliphatic hydroxyl groups excluding tert-OH is 1. The lowest BCUT2D eigenvalue weighted by molar-refractivity contribution is -0.0208. The maximum atomic E-state index is 10.7. The van der Waals surface area contributed by atoms with Gasteiger partial charge < -0.3 is 10.2 Å². The normalized spacial score (nSPS) is 48.5. The minimum atomic E-state index is -0.473. The smallest absolute Gasteiger partial charge is 0.0650 e. The molecule has 2 nitrogen and oxygen atoms in total. The Bertz CT molecular complexity index is 262. The first-order chi connectivity index (χ1) is 7.95. The molecule has 0 aliphatic heterocycles. The zero-order valence-electron chi connectivity index (χ0n) is 11.5. The van der Waals surface area contributed by atoms with Gasteiger partial charge in [-0.25, -0.2) is 0 Å². The molecule has 2 saturated carbocycles. The number of aliphatic hydroxyl groups is 2. The number of hydrogen-bond acceptors (Lipinski definition) is 2. The van der Waals surface area contributed by atoms with Crippen LogP contribution in [0.1, 0.15) is 52.9 Å².